The quantitative estimate of drug-likeness (QED) is 0.318. The Hall–Kier alpha value is -1.18. The van der Waals surface area contributed by atoms with Crippen molar-refractivity contribution in [2.24, 2.45) is 5.92 Å². The lowest BCUT2D eigenvalue weighted by atomic mass is 9.92. The molecule has 1 aliphatic heterocycles. The molecular formula is C23H44N2O5. The molecule has 2 unspecified atom stereocenters. The Balaban J connectivity index is 2.37. The molecule has 4 N–H and O–H groups in total. The molecule has 0 bridgehead atoms. The van der Waals surface area contributed by atoms with Crippen LogP contribution in [0.3, 0.4) is 0 Å². The highest BCUT2D eigenvalue weighted by molar-refractivity contribution is 5.82. The van der Waals surface area contributed by atoms with Crippen LogP contribution in [0.15, 0.2) is 0 Å². The largest absolute Gasteiger partial charge is 0.388 e. The molecule has 5 atom stereocenters. The van der Waals surface area contributed by atoms with Crippen LogP contribution in [0.5, 0.6) is 0 Å². The van der Waals surface area contributed by atoms with Crippen LogP contribution in [0.4, 0.5) is 0 Å². The summed E-state index contributed by atoms with van der Waals surface area (Å²) in [5.41, 5.74) is 0. The molecule has 7 heteroatoms. The number of hydrogen-bond donors (Lipinski definition) is 4. The second-order valence-corrected chi connectivity index (χ2v) is 9.03. The van der Waals surface area contributed by atoms with Crippen LogP contribution in [0.1, 0.15) is 91.9 Å². The Morgan fingerprint density at radius 3 is 2.30 bits per heavy atom. The van der Waals surface area contributed by atoms with Crippen molar-refractivity contribution in [3.63, 3.8) is 0 Å². The highest BCUT2D eigenvalue weighted by Gasteiger charge is 2.46. The minimum Gasteiger partial charge on any atom is -0.388 e. The van der Waals surface area contributed by atoms with Gasteiger partial charge in [-0.25, -0.2) is 0 Å². The zero-order chi connectivity index (χ0) is 22.5. The lowest BCUT2D eigenvalue weighted by Gasteiger charge is -2.41. The normalized spacial score (nSPS) is 26.6. The molecule has 2 amide bonds. The lowest BCUT2D eigenvalue weighted by molar-refractivity contribution is -0.188. The molecule has 0 saturated carbocycles. The van der Waals surface area contributed by atoms with Gasteiger partial charge in [0.25, 0.3) is 5.91 Å². The summed E-state index contributed by atoms with van der Waals surface area (Å²) in [6.45, 7) is 8.77. The third kappa shape index (κ3) is 9.75. The highest BCUT2D eigenvalue weighted by atomic mass is 16.5. The van der Waals surface area contributed by atoms with Gasteiger partial charge >= 0.3 is 0 Å². The maximum Gasteiger partial charge on any atom is 0.251 e. The van der Waals surface area contributed by atoms with Gasteiger partial charge in [0, 0.05) is 13.0 Å². The standard InChI is InChI=1S/C23H44N2O5/c1-5-6-7-12-15-24-23(29)22-21(28)20(27)19(17(4)30-22)25-18(26)14-11-9-8-10-13-16(2)3/h16-17,19-22,27-28H,5-15H2,1-4H3,(H,24,29)(H,25,26)/t17-,19?,20+,21-,22?/m0/s1. The monoisotopic (exact) mass is 428 g/mol. The van der Waals surface area contributed by atoms with Crippen LogP contribution in [0.25, 0.3) is 0 Å². The van der Waals surface area contributed by atoms with Gasteiger partial charge in [0.1, 0.15) is 12.2 Å². The fourth-order valence-corrected chi connectivity index (χ4v) is 3.80. The first-order valence-electron chi connectivity index (χ1n) is 11.9. The Bertz CT molecular complexity index is 500. The van der Waals surface area contributed by atoms with E-state index in [0.29, 0.717) is 18.9 Å². The van der Waals surface area contributed by atoms with Crippen molar-refractivity contribution in [3.8, 4) is 0 Å². The summed E-state index contributed by atoms with van der Waals surface area (Å²) in [5, 5.41) is 26.4. The van der Waals surface area contributed by atoms with Crippen molar-refractivity contribution in [1.29, 1.82) is 0 Å². The third-order valence-corrected chi connectivity index (χ3v) is 5.75. The molecule has 7 nitrogen and oxygen atoms in total. The highest BCUT2D eigenvalue weighted by Crippen LogP contribution is 2.22. The Morgan fingerprint density at radius 1 is 0.967 bits per heavy atom. The SMILES string of the molecule is CCCCCCNC(=O)C1O[C@@H](C)C(NC(=O)CCCCCCC(C)C)[C@@H](O)[C@@H]1O. The van der Waals surface area contributed by atoms with Crippen LogP contribution < -0.4 is 10.6 Å². The average molecular weight is 429 g/mol. The summed E-state index contributed by atoms with van der Waals surface area (Å²) in [7, 11) is 0. The van der Waals surface area contributed by atoms with Gasteiger partial charge in [0.15, 0.2) is 6.10 Å². The fourth-order valence-electron chi connectivity index (χ4n) is 3.80. The number of nitrogens with one attached hydrogen (secondary N) is 2. The smallest absolute Gasteiger partial charge is 0.251 e. The zero-order valence-corrected chi connectivity index (χ0v) is 19.4. The topological polar surface area (TPSA) is 108 Å². The molecule has 1 saturated heterocycles. The summed E-state index contributed by atoms with van der Waals surface area (Å²) in [6, 6.07) is -0.734. The van der Waals surface area contributed by atoms with Crippen LogP contribution in [0.2, 0.25) is 0 Å². The van der Waals surface area contributed by atoms with Crippen LogP contribution in [-0.4, -0.2) is 59.0 Å². The van der Waals surface area contributed by atoms with E-state index in [1.165, 1.54) is 12.8 Å². The van der Waals surface area contributed by atoms with Crippen LogP contribution in [0, 0.1) is 5.92 Å². The molecule has 1 aliphatic rings. The van der Waals surface area contributed by atoms with Gasteiger partial charge in [0.2, 0.25) is 5.91 Å². The molecule has 1 rings (SSSR count). The lowest BCUT2D eigenvalue weighted by Crippen LogP contribution is -2.65. The summed E-state index contributed by atoms with van der Waals surface area (Å²) in [4.78, 5) is 24.6. The molecule has 0 aromatic carbocycles. The van der Waals surface area contributed by atoms with Crippen LogP contribution >= 0.6 is 0 Å². The molecule has 1 fully saturated rings. The number of amides is 2. The number of aliphatic hydroxyl groups excluding tert-OH is 2. The number of hydrogen-bond acceptors (Lipinski definition) is 5. The number of aliphatic hydroxyl groups is 2. The van der Waals surface area contributed by atoms with E-state index in [1.54, 1.807) is 6.92 Å². The van der Waals surface area contributed by atoms with E-state index < -0.39 is 36.4 Å². The van der Waals surface area contributed by atoms with E-state index >= 15 is 0 Å². The molecule has 1 heterocycles. The molecule has 0 aromatic heterocycles. The molecule has 30 heavy (non-hydrogen) atoms. The third-order valence-electron chi connectivity index (χ3n) is 5.75. The molecule has 0 radical (unpaired) electrons. The minimum absolute atomic E-state index is 0.163. The van der Waals surface area contributed by atoms with Gasteiger partial charge in [-0.15, -0.1) is 0 Å². The van der Waals surface area contributed by atoms with Gasteiger partial charge in [-0.1, -0.05) is 65.7 Å². The molecule has 0 spiro atoms. The first-order valence-corrected chi connectivity index (χ1v) is 11.9. The van der Waals surface area contributed by atoms with Crippen molar-refractivity contribution in [1.82, 2.24) is 10.6 Å². The maximum atomic E-state index is 12.3. The summed E-state index contributed by atoms with van der Waals surface area (Å²) < 4.78 is 5.67. The van der Waals surface area contributed by atoms with Crippen molar-refractivity contribution >= 4 is 11.8 Å². The Labute approximate surface area is 182 Å². The van der Waals surface area contributed by atoms with Crippen molar-refractivity contribution in [2.45, 2.75) is 122 Å². The van der Waals surface area contributed by atoms with Crippen molar-refractivity contribution < 1.29 is 24.5 Å². The number of ether oxygens (including phenoxy) is 1. The Morgan fingerprint density at radius 2 is 1.63 bits per heavy atom. The fraction of sp³-hybridized carbons (Fsp3) is 0.913. The van der Waals surface area contributed by atoms with E-state index in [9.17, 15) is 19.8 Å². The summed E-state index contributed by atoms with van der Waals surface area (Å²) in [5.74, 6) is 0.126. The number of rotatable bonds is 14. The van der Waals surface area contributed by atoms with E-state index in [1.807, 2.05) is 0 Å². The summed E-state index contributed by atoms with van der Waals surface area (Å²) >= 11 is 0. The van der Waals surface area contributed by atoms with E-state index in [0.717, 1.165) is 44.9 Å². The van der Waals surface area contributed by atoms with Gasteiger partial charge in [-0.3, -0.25) is 9.59 Å². The second-order valence-electron chi connectivity index (χ2n) is 9.03. The Kier molecular flexibility index (Phi) is 13.2. The molecular weight excluding hydrogens is 384 g/mol. The first-order chi connectivity index (χ1) is 14.3. The predicted molar refractivity (Wildman–Crippen MR) is 118 cm³/mol. The zero-order valence-electron chi connectivity index (χ0n) is 19.4. The van der Waals surface area contributed by atoms with Crippen LogP contribution in [-0.2, 0) is 14.3 Å². The van der Waals surface area contributed by atoms with Gasteiger partial charge in [-0.05, 0) is 25.7 Å². The van der Waals surface area contributed by atoms with Gasteiger partial charge in [0.05, 0.1) is 12.1 Å². The minimum atomic E-state index is -1.38. The maximum absolute atomic E-state index is 12.3. The van der Waals surface area contributed by atoms with Crippen molar-refractivity contribution in [3.05, 3.63) is 0 Å². The van der Waals surface area contributed by atoms with E-state index in [2.05, 4.69) is 31.4 Å². The molecule has 0 aromatic rings. The van der Waals surface area contributed by atoms with Gasteiger partial charge < -0.3 is 25.6 Å². The predicted octanol–water partition coefficient (Wildman–Crippen LogP) is 2.67. The van der Waals surface area contributed by atoms with E-state index in [4.69, 9.17) is 4.74 Å². The average Bonchev–Trinajstić information content (AvgIpc) is 2.70. The second kappa shape index (κ2) is 14.8. The molecule has 0 aliphatic carbocycles. The number of unbranched alkanes of at least 4 members (excludes halogenated alkanes) is 6. The first kappa shape index (κ1) is 26.9. The summed E-state index contributed by atoms with van der Waals surface area (Å²) in [6.07, 6.45) is 5.51. The molecule has 176 valence electrons. The van der Waals surface area contributed by atoms with Gasteiger partial charge in [-0.2, -0.15) is 0 Å². The number of carbonyl (C=O) groups is 2. The van der Waals surface area contributed by atoms with E-state index in [-0.39, 0.29) is 5.91 Å². The van der Waals surface area contributed by atoms with Crippen molar-refractivity contribution in [2.75, 3.05) is 6.54 Å². The number of carbonyl (C=O) groups excluding carboxylic acids is 2.